The summed E-state index contributed by atoms with van der Waals surface area (Å²) in [5.74, 6) is -4.55. The van der Waals surface area contributed by atoms with Gasteiger partial charge < -0.3 is 58.0 Å². The van der Waals surface area contributed by atoms with Crippen molar-refractivity contribution in [3.63, 3.8) is 0 Å². The van der Waals surface area contributed by atoms with Crippen LogP contribution >= 0.6 is 0 Å². The SMILES string of the molecule is CC(=O)OC[C@H]1O[C@H](O[C@@H]2[C@@H](OC(C)=O)O[C@@H](CO)[C@@H](O)[C@@H]2OC(C)=O)[C@@H](OC(=O)O)[C@@H](OC(C)=O)[C@@H]1OC(C)=O. The fourth-order valence-electron chi connectivity index (χ4n) is 4.15. The molecule has 10 atom stereocenters. The number of carbonyl (C=O) groups excluding carboxylic acids is 5. The van der Waals surface area contributed by atoms with Gasteiger partial charge in [-0.25, -0.2) is 4.79 Å². The maximum Gasteiger partial charge on any atom is 0.506 e. The zero-order valence-corrected chi connectivity index (χ0v) is 22.7. The third kappa shape index (κ3) is 9.49. The lowest BCUT2D eigenvalue weighted by Gasteiger charge is -2.47. The van der Waals surface area contributed by atoms with Gasteiger partial charge >= 0.3 is 36.0 Å². The third-order valence-corrected chi connectivity index (χ3v) is 5.56. The molecule has 2 aliphatic rings. The molecule has 232 valence electrons. The molecule has 0 aliphatic carbocycles. The van der Waals surface area contributed by atoms with Crippen LogP contribution in [-0.4, -0.2) is 126 Å². The fraction of sp³-hybridized carbons (Fsp3) is 0.739. The van der Waals surface area contributed by atoms with Crippen molar-refractivity contribution in [3.05, 3.63) is 0 Å². The molecule has 0 aromatic carbocycles. The van der Waals surface area contributed by atoms with Crippen LogP contribution in [0.4, 0.5) is 4.79 Å². The smallest absolute Gasteiger partial charge is 0.463 e. The van der Waals surface area contributed by atoms with Crippen LogP contribution in [0.15, 0.2) is 0 Å². The average molecular weight is 596 g/mol. The predicted molar refractivity (Wildman–Crippen MR) is 123 cm³/mol. The van der Waals surface area contributed by atoms with Gasteiger partial charge in [-0.3, -0.25) is 24.0 Å². The Kier molecular flexibility index (Phi) is 12.2. The average Bonchev–Trinajstić information content (AvgIpc) is 2.83. The van der Waals surface area contributed by atoms with Crippen LogP contribution in [0.1, 0.15) is 34.6 Å². The number of hydrogen-bond acceptors (Lipinski definition) is 17. The van der Waals surface area contributed by atoms with Gasteiger partial charge in [-0.05, 0) is 0 Å². The molecule has 0 bridgehead atoms. The Balaban J connectivity index is 2.61. The predicted octanol–water partition coefficient (Wildman–Crippen LogP) is -1.84. The number of carboxylic acid groups (broad SMARTS) is 1. The first-order valence-electron chi connectivity index (χ1n) is 12.1. The molecule has 2 heterocycles. The van der Waals surface area contributed by atoms with Crippen molar-refractivity contribution in [1.82, 2.24) is 0 Å². The minimum absolute atomic E-state index is 0.623. The monoisotopic (exact) mass is 596 g/mol. The molecule has 0 aromatic rings. The van der Waals surface area contributed by atoms with Crippen molar-refractivity contribution in [2.24, 2.45) is 0 Å². The number of rotatable bonds is 10. The minimum Gasteiger partial charge on any atom is -0.463 e. The molecule has 18 heteroatoms. The molecule has 3 N–H and O–H groups in total. The molecule has 0 radical (unpaired) electrons. The van der Waals surface area contributed by atoms with Gasteiger partial charge in [0.15, 0.2) is 36.8 Å². The first-order valence-corrected chi connectivity index (χ1v) is 12.1. The summed E-state index contributed by atoms with van der Waals surface area (Å²) in [4.78, 5) is 70.6. The summed E-state index contributed by atoms with van der Waals surface area (Å²) >= 11 is 0. The normalized spacial score (nSPS) is 33.0. The van der Waals surface area contributed by atoms with E-state index in [4.69, 9.17) is 42.6 Å². The molecule has 0 spiro atoms. The van der Waals surface area contributed by atoms with Crippen LogP contribution in [0.5, 0.6) is 0 Å². The Labute approximate surface area is 232 Å². The van der Waals surface area contributed by atoms with Gasteiger partial charge in [0.1, 0.15) is 24.9 Å². The molecule has 2 saturated heterocycles. The molecule has 2 rings (SSSR count). The first kappa shape index (κ1) is 33.6. The number of aliphatic hydroxyl groups is 2. The fourth-order valence-corrected chi connectivity index (χ4v) is 4.15. The summed E-state index contributed by atoms with van der Waals surface area (Å²) in [6.07, 6.45) is -19.1. The number of hydrogen-bond donors (Lipinski definition) is 3. The highest BCUT2D eigenvalue weighted by Gasteiger charge is 2.57. The van der Waals surface area contributed by atoms with E-state index in [1.165, 1.54) is 0 Å². The van der Waals surface area contributed by atoms with Crippen LogP contribution < -0.4 is 0 Å². The largest absolute Gasteiger partial charge is 0.506 e. The lowest BCUT2D eigenvalue weighted by Crippen LogP contribution is -2.67. The van der Waals surface area contributed by atoms with Crippen molar-refractivity contribution < 1.29 is 86.7 Å². The van der Waals surface area contributed by atoms with E-state index in [9.17, 15) is 44.1 Å². The third-order valence-electron chi connectivity index (χ3n) is 5.56. The van der Waals surface area contributed by atoms with Gasteiger partial charge in [-0.15, -0.1) is 0 Å². The van der Waals surface area contributed by atoms with Crippen molar-refractivity contribution in [1.29, 1.82) is 0 Å². The van der Waals surface area contributed by atoms with E-state index in [0.717, 1.165) is 34.6 Å². The minimum atomic E-state index is -1.95. The molecule has 18 nitrogen and oxygen atoms in total. The van der Waals surface area contributed by atoms with Crippen LogP contribution in [0.25, 0.3) is 0 Å². The highest BCUT2D eigenvalue weighted by atomic mass is 16.8. The van der Waals surface area contributed by atoms with E-state index >= 15 is 0 Å². The zero-order chi connectivity index (χ0) is 31.0. The summed E-state index contributed by atoms with van der Waals surface area (Å²) in [6.45, 7) is 3.56. The Hall–Kier alpha value is -3.58. The summed E-state index contributed by atoms with van der Waals surface area (Å²) in [5, 5.41) is 29.8. The molecule has 0 saturated carbocycles. The van der Waals surface area contributed by atoms with E-state index < -0.39 is 111 Å². The molecule has 41 heavy (non-hydrogen) atoms. The highest BCUT2D eigenvalue weighted by Crippen LogP contribution is 2.34. The van der Waals surface area contributed by atoms with Crippen LogP contribution in [0.3, 0.4) is 0 Å². The topological polar surface area (TPSA) is 246 Å². The van der Waals surface area contributed by atoms with E-state index in [1.54, 1.807) is 0 Å². The summed E-state index contributed by atoms with van der Waals surface area (Å²) in [5.41, 5.74) is 0. The zero-order valence-electron chi connectivity index (χ0n) is 22.7. The summed E-state index contributed by atoms with van der Waals surface area (Å²) in [7, 11) is 0. The number of aliphatic hydroxyl groups excluding tert-OH is 2. The van der Waals surface area contributed by atoms with Gasteiger partial charge in [0.2, 0.25) is 6.29 Å². The molecule has 0 unspecified atom stereocenters. The number of ether oxygens (including phenoxy) is 9. The van der Waals surface area contributed by atoms with E-state index in [0.29, 0.717) is 0 Å². The van der Waals surface area contributed by atoms with Crippen LogP contribution in [0.2, 0.25) is 0 Å². The maximum absolute atomic E-state index is 12.0. The molecule has 2 aliphatic heterocycles. The highest BCUT2D eigenvalue weighted by molar-refractivity contribution is 5.68. The Morgan fingerprint density at radius 3 is 1.61 bits per heavy atom. The maximum atomic E-state index is 12.0. The van der Waals surface area contributed by atoms with E-state index in [1.807, 2.05) is 0 Å². The Morgan fingerprint density at radius 1 is 0.610 bits per heavy atom. The second kappa shape index (κ2) is 14.9. The van der Waals surface area contributed by atoms with Crippen molar-refractivity contribution in [2.45, 2.75) is 96.0 Å². The lowest BCUT2D eigenvalue weighted by molar-refractivity contribution is -0.363. The second-order valence-electron chi connectivity index (χ2n) is 8.84. The number of carbonyl (C=O) groups is 6. The Morgan fingerprint density at radius 2 is 1.12 bits per heavy atom. The van der Waals surface area contributed by atoms with Gasteiger partial charge in [-0.1, -0.05) is 0 Å². The van der Waals surface area contributed by atoms with E-state index in [-0.39, 0.29) is 0 Å². The van der Waals surface area contributed by atoms with Crippen LogP contribution in [0, 0.1) is 0 Å². The first-order chi connectivity index (χ1) is 19.1. The quantitative estimate of drug-likeness (QED) is 0.185. The lowest BCUT2D eigenvalue weighted by atomic mass is 9.96. The second-order valence-corrected chi connectivity index (χ2v) is 8.84. The molecular formula is C23H32O18. The summed E-state index contributed by atoms with van der Waals surface area (Å²) in [6, 6.07) is 0. The molecule has 0 amide bonds. The Bertz CT molecular complexity index is 982. The van der Waals surface area contributed by atoms with Crippen molar-refractivity contribution >= 4 is 36.0 Å². The molecule has 0 aromatic heterocycles. The molecular weight excluding hydrogens is 564 g/mol. The van der Waals surface area contributed by atoms with Crippen molar-refractivity contribution in [3.8, 4) is 0 Å². The summed E-state index contributed by atoms with van der Waals surface area (Å²) < 4.78 is 47.5. The van der Waals surface area contributed by atoms with E-state index in [2.05, 4.69) is 0 Å². The van der Waals surface area contributed by atoms with Crippen LogP contribution in [-0.2, 0) is 66.6 Å². The van der Waals surface area contributed by atoms with Gasteiger partial charge in [0, 0.05) is 34.6 Å². The van der Waals surface area contributed by atoms with Gasteiger partial charge in [0.05, 0.1) is 6.61 Å². The molecule has 2 fully saturated rings. The number of esters is 5. The van der Waals surface area contributed by atoms with Crippen molar-refractivity contribution in [2.75, 3.05) is 13.2 Å². The standard InChI is InChI=1S/C23H32O18/c1-8(25)33-7-14-16(34-9(2)26)18(36-11(4)28)20(41-23(31)32)22(39-14)40-19-17(35-10(3)27)15(30)13(6-24)38-21(19)37-12(5)29/h13-22,24,30H,6-7H2,1-5H3,(H,31,32)/t13-,14+,15+,16+,17-,18-,19-,20-,21-,22+/m0/s1. The van der Waals surface area contributed by atoms with Gasteiger partial charge in [0.25, 0.3) is 0 Å². The van der Waals surface area contributed by atoms with Gasteiger partial charge in [-0.2, -0.15) is 0 Å².